The molecular formula is C13H15N2O3S. The highest BCUT2D eigenvalue weighted by molar-refractivity contribution is 8.00. The highest BCUT2D eigenvalue weighted by Gasteiger charge is 2.13. The molecule has 0 saturated carbocycles. The van der Waals surface area contributed by atoms with Crippen molar-refractivity contribution >= 4 is 29.9 Å². The third kappa shape index (κ3) is 5.56. The Morgan fingerprint density at radius 3 is 2.58 bits per heavy atom. The van der Waals surface area contributed by atoms with Crippen LogP contribution in [0.3, 0.4) is 0 Å². The summed E-state index contributed by atoms with van der Waals surface area (Å²) in [4.78, 5) is 33.1. The van der Waals surface area contributed by atoms with Gasteiger partial charge in [-0.1, -0.05) is 18.2 Å². The van der Waals surface area contributed by atoms with E-state index in [9.17, 15) is 14.4 Å². The van der Waals surface area contributed by atoms with Crippen LogP contribution in [0, 0.1) is 0 Å². The van der Waals surface area contributed by atoms with Gasteiger partial charge in [0.25, 0.3) is 5.91 Å². The molecule has 0 aliphatic rings. The van der Waals surface area contributed by atoms with E-state index in [1.54, 1.807) is 37.5 Å². The fourth-order valence-corrected chi connectivity index (χ4v) is 1.97. The van der Waals surface area contributed by atoms with Crippen LogP contribution in [0.25, 0.3) is 0 Å². The number of thioether (sulfide) groups is 1. The first-order valence-corrected chi connectivity index (χ1v) is 6.77. The molecule has 0 fully saturated rings. The molecule has 0 unspecified atom stereocenters. The van der Waals surface area contributed by atoms with Gasteiger partial charge in [-0.25, -0.2) is 0 Å². The molecule has 0 aliphatic carbocycles. The van der Waals surface area contributed by atoms with E-state index in [1.165, 1.54) is 11.8 Å². The standard InChI is InChI=1S/C13H15N2O3S/c1-10(12(17)14-7-8-16)19-9-15-13(18)11-5-3-2-4-6-11/h2-6,10H,7,9H2,1H3,(H,14,17)(H,15,18)/t10-/m0/s1. The maximum atomic E-state index is 11.7. The summed E-state index contributed by atoms with van der Waals surface area (Å²) in [6, 6.07) is 8.84. The van der Waals surface area contributed by atoms with Crippen LogP contribution in [0.5, 0.6) is 0 Å². The minimum absolute atomic E-state index is 0.111. The van der Waals surface area contributed by atoms with Crippen molar-refractivity contribution in [1.29, 1.82) is 0 Å². The average molecular weight is 279 g/mol. The van der Waals surface area contributed by atoms with Crippen molar-refractivity contribution in [1.82, 2.24) is 10.6 Å². The van der Waals surface area contributed by atoms with Gasteiger partial charge in [0.05, 0.1) is 17.7 Å². The van der Waals surface area contributed by atoms with Gasteiger partial charge >= 0.3 is 0 Å². The number of amides is 2. The van der Waals surface area contributed by atoms with Gasteiger partial charge in [-0.05, 0) is 19.1 Å². The third-order valence-electron chi connectivity index (χ3n) is 2.31. The second-order valence-electron chi connectivity index (χ2n) is 3.69. The number of hydrogen-bond donors (Lipinski definition) is 2. The molecule has 2 amide bonds. The Hall–Kier alpha value is -1.82. The second kappa shape index (κ2) is 8.31. The van der Waals surface area contributed by atoms with Crippen LogP contribution in [0.15, 0.2) is 30.3 Å². The molecule has 1 radical (unpaired) electrons. The van der Waals surface area contributed by atoms with Crippen LogP contribution in [-0.4, -0.2) is 35.8 Å². The summed E-state index contributed by atoms with van der Waals surface area (Å²) >= 11 is 1.28. The van der Waals surface area contributed by atoms with E-state index in [0.717, 1.165) is 0 Å². The molecule has 2 N–H and O–H groups in total. The number of rotatable bonds is 7. The summed E-state index contributed by atoms with van der Waals surface area (Å²) < 4.78 is 0. The maximum absolute atomic E-state index is 11.7. The predicted molar refractivity (Wildman–Crippen MR) is 74.5 cm³/mol. The maximum Gasteiger partial charge on any atom is 0.251 e. The van der Waals surface area contributed by atoms with E-state index in [-0.39, 0.29) is 23.6 Å². The minimum atomic E-state index is -0.343. The number of nitrogens with one attached hydrogen (secondary N) is 2. The van der Waals surface area contributed by atoms with Crippen molar-refractivity contribution in [2.45, 2.75) is 12.2 Å². The zero-order chi connectivity index (χ0) is 14.1. The molecule has 5 nitrogen and oxygen atoms in total. The van der Waals surface area contributed by atoms with Crippen molar-refractivity contribution in [3.63, 3.8) is 0 Å². The molecule has 0 bridgehead atoms. The van der Waals surface area contributed by atoms with Crippen molar-refractivity contribution in [3.8, 4) is 0 Å². The third-order valence-corrected chi connectivity index (χ3v) is 3.33. The average Bonchev–Trinajstić information content (AvgIpc) is 2.45. The smallest absolute Gasteiger partial charge is 0.251 e. The van der Waals surface area contributed by atoms with E-state index in [1.807, 2.05) is 6.07 Å². The van der Waals surface area contributed by atoms with Crippen LogP contribution in [0.2, 0.25) is 0 Å². The summed E-state index contributed by atoms with van der Waals surface area (Å²) in [7, 11) is 0. The zero-order valence-electron chi connectivity index (χ0n) is 10.5. The van der Waals surface area contributed by atoms with Gasteiger partial charge in [0.1, 0.15) is 0 Å². The van der Waals surface area contributed by atoms with Gasteiger partial charge in [-0.3, -0.25) is 14.4 Å². The van der Waals surface area contributed by atoms with Gasteiger partial charge in [0.15, 0.2) is 0 Å². The molecule has 0 aliphatic heterocycles. The summed E-state index contributed by atoms with van der Waals surface area (Å²) in [6.07, 6.45) is 1.59. The molecule has 0 saturated heterocycles. The number of hydrogen-bond acceptors (Lipinski definition) is 4. The molecule has 6 heteroatoms. The SMILES string of the molecule is C[C@H](SCNC(=O)c1ccccc1)C(=O)NC[C]=O. The van der Waals surface area contributed by atoms with Crippen molar-refractivity contribution in [2.24, 2.45) is 0 Å². The molecule has 101 valence electrons. The van der Waals surface area contributed by atoms with Crippen LogP contribution >= 0.6 is 11.8 Å². The number of benzene rings is 1. The Morgan fingerprint density at radius 1 is 1.26 bits per heavy atom. The number of carbonyl (C=O) groups excluding carboxylic acids is 3. The summed E-state index contributed by atoms with van der Waals surface area (Å²) in [5.74, 6) is -0.100. The lowest BCUT2D eigenvalue weighted by Gasteiger charge is -2.11. The molecule has 0 spiro atoms. The highest BCUT2D eigenvalue weighted by Crippen LogP contribution is 2.08. The normalized spacial score (nSPS) is 11.4. The summed E-state index contributed by atoms with van der Waals surface area (Å²) in [6.45, 7) is 1.60. The Bertz CT molecular complexity index is 437. The van der Waals surface area contributed by atoms with Crippen molar-refractivity contribution < 1.29 is 14.4 Å². The lowest BCUT2D eigenvalue weighted by atomic mass is 10.2. The molecule has 0 heterocycles. The van der Waals surface area contributed by atoms with Crippen molar-refractivity contribution in [3.05, 3.63) is 35.9 Å². The van der Waals surface area contributed by atoms with Crippen LogP contribution < -0.4 is 10.6 Å². The zero-order valence-corrected chi connectivity index (χ0v) is 11.3. The van der Waals surface area contributed by atoms with Gasteiger partial charge < -0.3 is 10.6 Å². The van der Waals surface area contributed by atoms with Crippen molar-refractivity contribution in [2.75, 3.05) is 12.4 Å². The Balaban J connectivity index is 2.28. The van der Waals surface area contributed by atoms with Crippen LogP contribution in [0.1, 0.15) is 17.3 Å². The first-order valence-electron chi connectivity index (χ1n) is 5.72. The minimum Gasteiger partial charge on any atom is -0.348 e. The molecule has 1 rings (SSSR count). The van der Waals surface area contributed by atoms with E-state index < -0.39 is 0 Å². The lowest BCUT2D eigenvalue weighted by Crippen LogP contribution is -2.33. The molecule has 19 heavy (non-hydrogen) atoms. The quantitative estimate of drug-likeness (QED) is 0.721. The lowest BCUT2D eigenvalue weighted by molar-refractivity contribution is -0.120. The fraction of sp³-hybridized carbons (Fsp3) is 0.308. The monoisotopic (exact) mass is 279 g/mol. The van der Waals surface area contributed by atoms with Crippen LogP contribution in [-0.2, 0) is 9.59 Å². The Morgan fingerprint density at radius 2 is 1.95 bits per heavy atom. The summed E-state index contributed by atoms with van der Waals surface area (Å²) in [5.41, 5.74) is 0.579. The highest BCUT2D eigenvalue weighted by atomic mass is 32.2. The van der Waals surface area contributed by atoms with Gasteiger partial charge in [-0.15, -0.1) is 11.8 Å². The first kappa shape index (κ1) is 15.2. The molecule has 1 atom stereocenters. The van der Waals surface area contributed by atoms with Gasteiger partial charge in [0, 0.05) is 5.56 Å². The fourth-order valence-electron chi connectivity index (χ4n) is 1.27. The topological polar surface area (TPSA) is 75.3 Å². The van der Waals surface area contributed by atoms with E-state index >= 15 is 0 Å². The number of carbonyl (C=O) groups is 2. The predicted octanol–water partition coefficient (Wildman–Crippen LogP) is 0.721. The Labute approximate surface area is 116 Å². The van der Waals surface area contributed by atoms with Gasteiger partial charge in [-0.2, -0.15) is 0 Å². The largest absolute Gasteiger partial charge is 0.348 e. The van der Waals surface area contributed by atoms with Gasteiger partial charge in [0.2, 0.25) is 12.2 Å². The summed E-state index contributed by atoms with van der Waals surface area (Å²) in [5, 5.41) is 4.77. The van der Waals surface area contributed by atoms with E-state index in [0.29, 0.717) is 11.4 Å². The second-order valence-corrected chi connectivity index (χ2v) is 5.02. The van der Waals surface area contributed by atoms with Crippen LogP contribution in [0.4, 0.5) is 0 Å². The molecule has 1 aromatic carbocycles. The molecule has 0 aromatic heterocycles. The van der Waals surface area contributed by atoms with E-state index in [4.69, 9.17) is 0 Å². The van der Waals surface area contributed by atoms with E-state index in [2.05, 4.69) is 10.6 Å². The molecular weight excluding hydrogens is 264 g/mol. The Kier molecular flexibility index (Phi) is 6.67. The first-order chi connectivity index (χ1) is 9.15. The molecule has 1 aromatic rings.